The van der Waals surface area contributed by atoms with Gasteiger partial charge in [-0.3, -0.25) is 10.1 Å². The summed E-state index contributed by atoms with van der Waals surface area (Å²) in [6.07, 6.45) is 9.53. The van der Waals surface area contributed by atoms with Crippen LogP contribution in [0.5, 0.6) is 0 Å². The fraction of sp³-hybridized carbons (Fsp3) is 1.00. The zero-order valence-corrected chi connectivity index (χ0v) is 16.8. The maximum absolute atomic E-state index is 11.4. The first-order chi connectivity index (χ1) is 13.2. The van der Waals surface area contributed by atoms with Gasteiger partial charge in [0.2, 0.25) is 6.04 Å². The number of ether oxygens (including phenoxy) is 4. The molecule has 0 spiro atoms. The van der Waals surface area contributed by atoms with Crippen LogP contribution in [-0.4, -0.2) is 55.9 Å². The molecule has 2 heterocycles. The van der Waals surface area contributed by atoms with E-state index in [1.54, 1.807) is 0 Å². The number of unbranched alkanes of at least 4 members (excludes halogenated alkanes) is 4. The Kier molecular flexibility index (Phi) is 11.2. The lowest BCUT2D eigenvalue weighted by atomic mass is 10.0. The van der Waals surface area contributed by atoms with E-state index in [-0.39, 0.29) is 23.4 Å². The van der Waals surface area contributed by atoms with Gasteiger partial charge >= 0.3 is 0 Å². The first-order valence-corrected chi connectivity index (χ1v) is 10.8. The summed E-state index contributed by atoms with van der Waals surface area (Å²) in [5, 5.41) is 11.4. The van der Waals surface area contributed by atoms with E-state index in [2.05, 4.69) is 6.92 Å². The molecule has 0 aromatic heterocycles. The Morgan fingerprint density at radius 1 is 0.926 bits per heavy atom. The van der Waals surface area contributed by atoms with E-state index >= 15 is 0 Å². The minimum absolute atomic E-state index is 0.0308. The standard InChI is InChI=1S/C20H37NO6/c1-2-3-4-5-6-8-17(21(22)23)9-7-10-20-26-18-11-13-24-16-19(27-20)12-14-25-15-18/h17-20H,2-16H2,1H3. The molecule has 7 heteroatoms. The monoisotopic (exact) mass is 387 g/mol. The van der Waals surface area contributed by atoms with Gasteiger partial charge in [0.05, 0.1) is 25.4 Å². The average Bonchev–Trinajstić information content (AvgIpc) is 2.81. The molecular weight excluding hydrogens is 350 g/mol. The van der Waals surface area contributed by atoms with Gasteiger partial charge < -0.3 is 18.9 Å². The van der Waals surface area contributed by atoms with Gasteiger partial charge in [-0.05, 0) is 32.1 Å². The van der Waals surface area contributed by atoms with E-state index in [1.165, 1.54) is 19.3 Å². The number of hydrogen-bond acceptors (Lipinski definition) is 6. The van der Waals surface area contributed by atoms with E-state index in [0.29, 0.717) is 45.7 Å². The third-order valence-corrected chi connectivity index (χ3v) is 5.38. The van der Waals surface area contributed by atoms with Crippen LogP contribution in [0, 0.1) is 10.1 Å². The predicted octanol–water partition coefficient (Wildman–Crippen LogP) is 4.10. The van der Waals surface area contributed by atoms with Crippen LogP contribution < -0.4 is 0 Å². The van der Waals surface area contributed by atoms with Crippen LogP contribution in [-0.2, 0) is 18.9 Å². The van der Waals surface area contributed by atoms with Gasteiger partial charge in [0.25, 0.3) is 0 Å². The van der Waals surface area contributed by atoms with Crippen molar-refractivity contribution in [3.8, 4) is 0 Å². The van der Waals surface area contributed by atoms with Gasteiger partial charge in [0.15, 0.2) is 6.29 Å². The molecule has 0 radical (unpaired) electrons. The number of nitrogens with zero attached hydrogens (tertiary/aromatic N) is 1. The quantitative estimate of drug-likeness (QED) is 0.302. The van der Waals surface area contributed by atoms with Crippen LogP contribution in [0.1, 0.15) is 77.6 Å². The van der Waals surface area contributed by atoms with Crippen molar-refractivity contribution < 1.29 is 23.9 Å². The minimum Gasteiger partial charge on any atom is -0.379 e. The van der Waals surface area contributed by atoms with Crippen LogP contribution >= 0.6 is 0 Å². The summed E-state index contributed by atoms with van der Waals surface area (Å²) >= 11 is 0. The van der Waals surface area contributed by atoms with Crippen LogP contribution in [0.2, 0.25) is 0 Å². The maximum Gasteiger partial charge on any atom is 0.213 e. The predicted molar refractivity (Wildman–Crippen MR) is 102 cm³/mol. The number of hydrogen-bond donors (Lipinski definition) is 0. The Morgan fingerprint density at radius 2 is 1.52 bits per heavy atom. The molecule has 2 aliphatic heterocycles. The molecule has 2 bridgehead atoms. The molecule has 158 valence electrons. The summed E-state index contributed by atoms with van der Waals surface area (Å²) in [4.78, 5) is 11.3. The van der Waals surface area contributed by atoms with E-state index in [4.69, 9.17) is 18.9 Å². The van der Waals surface area contributed by atoms with E-state index in [1.807, 2.05) is 0 Å². The van der Waals surface area contributed by atoms with Crippen LogP contribution in [0.3, 0.4) is 0 Å². The maximum atomic E-state index is 11.4. The van der Waals surface area contributed by atoms with Gasteiger partial charge in [-0.1, -0.05) is 32.6 Å². The Bertz CT molecular complexity index is 378. The molecule has 2 aliphatic rings. The highest BCUT2D eigenvalue weighted by atomic mass is 16.7. The molecule has 2 saturated heterocycles. The average molecular weight is 388 g/mol. The van der Waals surface area contributed by atoms with Crippen molar-refractivity contribution in [1.29, 1.82) is 0 Å². The lowest BCUT2D eigenvalue weighted by Gasteiger charge is -2.24. The normalized spacial score (nSPS) is 27.8. The third-order valence-electron chi connectivity index (χ3n) is 5.38. The van der Waals surface area contributed by atoms with Crippen molar-refractivity contribution in [2.45, 2.75) is 102 Å². The van der Waals surface area contributed by atoms with Crippen molar-refractivity contribution in [3.63, 3.8) is 0 Å². The first-order valence-electron chi connectivity index (χ1n) is 10.8. The molecule has 0 aromatic carbocycles. The van der Waals surface area contributed by atoms with E-state index in [9.17, 15) is 10.1 Å². The van der Waals surface area contributed by atoms with Gasteiger partial charge in [-0.25, -0.2) is 0 Å². The molecule has 3 atom stereocenters. The molecule has 2 fully saturated rings. The first kappa shape index (κ1) is 22.5. The molecule has 7 nitrogen and oxygen atoms in total. The smallest absolute Gasteiger partial charge is 0.213 e. The van der Waals surface area contributed by atoms with Crippen molar-refractivity contribution in [3.05, 3.63) is 10.1 Å². The fourth-order valence-corrected chi connectivity index (χ4v) is 3.70. The fourth-order valence-electron chi connectivity index (χ4n) is 3.70. The third kappa shape index (κ3) is 9.32. The van der Waals surface area contributed by atoms with E-state index < -0.39 is 6.04 Å². The zero-order valence-electron chi connectivity index (χ0n) is 16.8. The highest BCUT2D eigenvalue weighted by Gasteiger charge is 2.27. The summed E-state index contributed by atoms with van der Waals surface area (Å²) in [6.45, 7) is 4.61. The molecule has 2 rings (SSSR count). The van der Waals surface area contributed by atoms with Gasteiger partial charge in [-0.15, -0.1) is 0 Å². The van der Waals surface area contributed by atoms with Crippen LogP contribution in [0.4, 0.5) is 0 Å². The van der Waals surface area contributed by atoms with Gasteiger partial charge in [0, 0.05) is 31.0 Å². The lowest BCUT2D eigenvalue weighted by molar-refractivity contribution is -0.524. The molecule has 27 heavy (non-hydrogen) atoms. The van der Waals surface area contributed by atoms with Gasteiger partial charge in [0.1, 0.15) is 0 Å². The highest BCUT2D eigenvalue weighted by Crippen LogP contribution is 2.21. The molecule has 3 unspecified atom stereocenters. The van der Waals surface area contributed by atoms with E-state index in [0.717, 1.165) is 32.1 Å². The number of fused-ring (bicyclic) bond motifs is 4. The summed E-state index contributed by atoms with van der Waals surface area (Å²) in [7, 11) is 0. The van der Waals surface area contributed by atoms with Crippen molar-refractivity contribution in [2.75, 3.05) is 26.4 Å². The lowest BCUT2D eigenvalue weighted by Crippen LogP contribution is -2.30. The van der Waals surface area contributed by atoms with Crippen molar-refractivity contribution >= 4 is 0 Å². The highest BCUT2D eigenvalue weighted by molar-refractivity contribution is 4.69. The number of nitro groups is 1. The SMILES string of the molecule is CCCCCCCC(CCCC1OC2CCOCC(CCOC2)O1)[N+](=O)[O-]. The summed E-state index contributed by atoms with van der Waals surface area (Å²) < 4.78 is 23.5. The molecule has 0 aromatic rings. The molecule has 0 N–H and O–H groups in total. The Morgan fingerprint density at radius 3 is 2.11 bits per heavy atom. The Balaban J connectivity index is 1.75. The van der Waals surface area contributed by atoms with Crippen LogP contribution in [0.25, 0.3) is 0 Å². The molecular formula is C20H37NO6. The van der Waals surface area contributed by atoms with Crippen molar-refractivity contribution in [1.82, 2.24) is 0 Å². The summed E-state index contributed by atoms with van der Waals surface area (Å²) in [6, 6.07) is -0.447. The molecule has 0 amide bonds. The molecule has 0 saturated carbocycles. The second-order valence-corrected chi connectivity index (χ2v) is 7.75. The molecule has 0 aliphatic carbocycles. The van der Waals surface area contributed by atoms with Crippen LogP contribution in [0.15, 0.2) is 0 Å². The van der Waals surface area contributed by atoms with Gasteiger partial charge in [-0.2, -0.15) is 0 Å². The minimum atomic E-state index is -0.447. The summed E-state index contributed by atoms with van der Waals surface area (Å²) in [5.74, 6) is 0. The number of rotatable bonds is 11. The largest absolute Gasteiger partial charge is 0.379 e. The summed E-state index contributed by atoms with van der Waals surface area (Å²) in [5.41, 5.74) is 0. The topological polar surface area (TPSA) is 80.1 Å². The second-order valence-electron chi connectivity index (χ2n) is 7.75. The second kappa shape index (κ2) is 13.4. The van der Waals surface area contributed by atoms with Crippen molar-refractivity contribution in [2.24, 2.45) is 0 Å². The Hall–Kier alpha value is -0.760. The zero-order chi connectivity index (χ0) is 19.3. The Labute approximate surface area is 163 Å².